The lowest BCUT2D eigenvalue weighted by molar-refractivity contribution is 0.491. The third kappa shape index (κ3) is 2.20. The van der Waals surface area contributed by atoms with Crippen LogP contribution in [-0.4, -0.2) is 13.6 Å². The first kappa shape index (κ1) is 10.6. The maximum Gasteiger partial charge on any atom is 0.126 e. The lowest BCUT2D eigenvalue weighted by Gasteiger charge is -2.25. The number of benzene rings is 1. The lowest BCUT2D eigenvalue weighted by atomic mass is 9.81. The van der Waals surface area contributed by atoms with E-state index in [-0.39, 0.29) is 5.82 Å². The Morgan fingerprint density at radius 1 is 1.47 bits per heavy atom. The molecule has 1 unspecified atom stereocenters. The topological polar surface area (TPSA) is 12.0 Å². The molecule has 1 nitrogen and oxygen atoms in total. The van der Waals surface area contributed by atoms with E-state index in [4.69, 9.17) is 0 Å². The highest BCUT2D eigenvalue weighted by Crippen LogP contribution is 2.34. The van der Waals surface area contributed by atoms with Gasteiger partial charge in [-0.05, 0) is 62.4 Å². The SMILES string of the molecule is CNCCC1CCCc2c(F)cccc21. The standard InChI is InChI=1S/C13H18FN/c1-15-9-8-10-4-2-6-12-11(10)5-3-7-13(12)14/h3,5,7,10,15H,2,4,6,8-9H2,1H3. The summed E-state index contributed by atoms with van der Waals surface area (Å²) in [6.07, 6.45) is 4.37. The van der Waals surface area contributed by atoms with Crippen LogP contribution in [0.4, 0.5) is 4.39 Å². The first-order valence-electron chi connectivity index (χ1n) is 5.75. The molecule has 1 aromatic carbocycles. The third-order valence-corrected chi connectivity index (χ3v) is 3.32. The van der Waals surface area contributed by atoms with Gasteiger partial charge in [-0.25, -0.2) is 4.39 Å². The Labute approximate surface area is 90.7 Å². The predicted molar refractivity (Wildman–Crippen MR) is 60.6 cm³/mol. The molecule has 0 amide bonds. The van der Waals surface area contributed by atoms with Crippen molar-refractivity contribution in [2.75, 3.05) is 13.6 Å². The molecule has 0 heterocycles. The quantitative estimate of drug-likeness (QED) is 0.803. The summed E-state index contributed by atoms with van der Waals surface area (Å²) in [4.78, 5) is 0. The van der Waals surface area contributed by atoms with Crippen LogP contribution in [0.2, 0.25) is 0 Å². The maximum absolute atomic E-state index is 13.6. The fourth-order valence-electron chi connectivity index (χ4n) is 2.52. The van der Waals surface area contributed by atoms with Crippen molar-refractivity contribution in [3.05, 3.63) is 35.1 Å². The highest BCUT2D eigenvalue weighted by Gasteiger charge is 2.21. The molecular formula is C13H18FN. The average molecular weight is 207 g/mol. The zero-order valence-electron chi connectivity index (χ0n) is 9.22. The molecule has 0 radical (unpaired) electrons. The highest BCUT2D eigenvalue weighted by atomic mass is 19.1. The molecule has 0 saturated heterocycles. The second-order valence-electron chi connectivity index (χ2n) is 4.29. The van der Waals surface area contributed by atoms with Crippen LogP contribution in [0.1, 0.15) is 36.3 Å². The molecule has 1 aliphatic carbocycles. The van der Waals surface area contributed by atoms with E-state index in [1.165, 1.54) is 12.0 Å². The largest absolute Gasteiger partial charge is 0.320 e. The fraction of sp³-hybridized carbons (Fsp3) is 0.538. The summed E-state index contributed by atoms with van der Waals surface area (Å²) in [5.74, 6) is 0.540. The van der Waals surface area contributed by atoms with Crippen LogP contribution in [0.15, 0.2) is 18.2 Å². The van der Waals surface area contributed by atoms with Gasteiger partial charge in [0.15, 0.2) is 0 Å². The molecule has 1 aromatic rings. The number of rotatable bonds is 3. The van der Waals surface area contributed by atoms with Gasteiger partial charge in [0, 0.05) is 0 Å². The Morgan fingerprint density at radius 3 is 3.13 bits per heavy atom. The molecule has 0 aromatic heterocycles. The van der Waals surface area contributed by atoms with Crippen molar-refractivity contribution in [3.63, 3.8) is 0 Å². The second kappa shape index (κ2) is 4.75. The average Bonchev–Trinajstić information content (AvgIpc) is 2.27. The van der Waals surface area contributed by atoms with E-state index >= 15 is 0 Å². The van der Waals surface area contributed by atoms with Gasteiger partial charge in [-0.15, -0.1) is 0 Å². The van der Waals surface area contributed by atoms with Crippen LogP contribution in [-0.2, 0) is 6.42 Å². The molecule has 15 heavy (non-hydrogen) atoms. The Hall–Kier alpha value is -0.890. The van der Waals surface area contributed by atoms with Crippen molar-refractivity contribution in [1.82, 2.24) is 5.32 Å². The number of hydrogen-bond donors (Lipinski definition) is 1. The van der Waals surface area contributed by atoms with Gasteiger partial charge in [0.25, 0.3) is 0 Å². The summed E-state index contributed by atoms with van der Waals surface area (Å²) in [6, 6.07) is 5.52. The maximum atomic E-state index is 13.6. The van der Waals surface area contributed by atoms with Gasteiger partial charge in [-0.1, -0.05) is 12.1 Å². The molecule has 0 aliphatic heterocycles. The van der Waals surface area contributed by atoms with E-state index < -0.39 is 0 Å². The zero-order chi connectivity index (χ0) is 10.7. The van der Waals surface area contributed by atoms with Crippen LogP contribution in [0.5, 0.6) is 0 Å². The van der Waals surface area contributed by atoms with Crippen molar-refractivity contribution in [2.24, 2.45) is 0 Å². The summed E-state index contributed by atoms with van der Waals surface area (Å²) in [7, 11) is 1.97. The van der Waals surface area contributed by atoms with Gasteiger partial charge >= 0.3 is 0 Å². The number of nitrogens with one attached hydrogen (secondary N) is 1. The summed E-state index contributed by atoms with van der Waals surface area (Å²) < 4.78 is 13.6. The number of fused-ring (bicyclic) bond motifs is 1. The molecule has 82 valence electrons. The van der Waals surface area contributed by atoms with Gasteiger partial charge in [-0.2, -0.15) is 0 Å². The molecule has 1 aliphatic rings. The minimum atomic E-state index is -0.0124. The van der Waals surface area contributed by atoms with Crippen LogP contribution in [0, 0.1) is 5.82 Å². The van der Waals surface area contributed by atoms with E-state index in [0.29, 0.717) is 5.92 Å². The first-order valence-corrected chi connectivity index (χ1v) is 5.75. The molecule has 0 bridgehead atoms. The van der Waals surface area contributed by atoms with E-state index in [9.17, 15) is 4.39 Å². The van der Waals surface area contributed by atoms with Gasteiger partial charge in [0.2, 0.25) is 0 Å². The first-order chi connectivity index (χ1) is 7.33. The molecule has 1 atom stereocenters. The molecule has 2 rings (SSSR count). The van der Waals surface area contributed by atoms with E-state index in [1.807, 2.05) is 13.1 Å². The highest BCUT2D eigenvalue weighted by molar-refractivity contribution is 5.33. The van der Waals surface area contributed by atoms with Crippen LogP contribution in [0.3, 0.4) is 0 Å². The molecule has 0 fully saturated rings. The summed E-state index contributed by atoms with van der Waals surface area (Å²) in [5, 5.41) is 3.17. The Balaban J connectivity index is 2.22. The van der Waals surface area contributed by atoms with Crippen molar-refractivity contribution >= 4 is 0 Å². The van der Waals surface area contributed by atoms with Gasteiger partial charge in [0.1, 0.15) is 5.82 Å². The van der Waals surface area contributed by atoms with Gasteiger partial charge < -0.3 is 5.32 Å². The van der Waals surface area contributed by atoms with Crippen LogP contribution < -0.4 is 5.32 Å². The lowest BCUT2D eigenvalue weighted by Crippen LogP contribution is -2.17. The molecule has 2 heteroatoms. The van der Waals surface area contributed by atoms with Gasteiger partial charge in [-0.3, -0.25) is 0 Å². The monoisotopic (exact) mass is 207 g/mol. The fourth-order valence-corrected chi connectivity index (χ4v) is 2.52. The number of hydrogen-bond acceptors (Lipinski definition) is 1. The summed E-state index contributed by atoms with van der Waals surface area (Å²) in [6.45, 7) is 1.01. The Morgan fingerprint density at radius 2 is 2.33 bits per heavy atom. The smallest absolute Gasteiger partial charge is 0.126 e. The summed E-state index contributed by atoms with van der Waals surface area (Å²) in [5.41, 5.74) is 2.21. The van der Waals surface area contributed by atoms with Crippen molar-refractivity contribution < 1.29 is 4.39 Å². The van der Waals surface area contributed by atoms with E-state index in [0.717, 1.165) is 31.4 Å². The Kier molecular flexibility index (Phi) is 3.37. The Bertz CT molecular complexity index is 335. The molecule has 0 spiro atoms. The third-order valence-electron chi connectivity index (χ3n) is 3.32. The predicted octanol–water partition coefficient (Wildman–Crippen LogP) is 2.86. The van der Waals surface area contributed by atoms with E-state index in [2.05, 4.69) is 11.4 Å². The molecule has 0 saturated carbocycles. The van der Waals surface area contributed by atoms with Crippen molar-refractivity contribution in [1.29, 1.82) is 0 Å². The summed E-state index contributed by atoms with van der Waals surface area (Å²) >= 11 is 0. The number of halogens is 1. The van der Waals surface area contributed by atoms with Crippen LogP contribution in [0.25, 0.3) is 0 Å². The minimum absolute atomic E-state index is 0.0124. The van der Waals surface area contributed by atoms with Crippen molar-refractivity contribution in [3.8, 4) is 0 Å². The minimum Gasteiger partial charge on any atom is -0.320 e. The molecular weight excluding hydrogens is 189 g/mol. The second-order valence-corrected chi connectivity index (χ2v) is 4.29. The molecule has 1 N–H and O–H groups in total. The van der Waals surface area contributed by atoms with E-state index in [1.54, 1.807) is 6.07 Å². The van der Waals surface area contributed by atoms with Crippen LogP contribution >= 0.6 is 0 Å². The van der Waals surface area contributed by atoms with Gasteiger partial charge in [0.05, 0.1) is 0 Å². The zero-order valence-corrected chi connectivity index (χ0v) is 9.22. The van der Waals surface area contributed by atoms with Crippen molar-refractivity contribution in [2.45, 2.75) is 31.6 Å². The normalized spacial score (nSPS) is 20.0.